The first kappa shape index (κ1) is 16.3. The van der Waals surface area contributed by atoms with E-state index in [2.05, 4.69) is 46.1 Å². The summed E-state index contributed by atoms with van der Waals surface area (Å²) < 4.78 is 1.97. The van der Waals surface area contributed by atoms with E-state index in [1.54, 1.807) is 0 Å². The maximum Gasteiger partial charge on any atom is 0.159 e. The lowest BCUT2D eigenvalue weighted by Gasteiger charge is -2.16. The largest absolute Gasteiger partial charge is 0.302 e. The van der Waals surface area contributed by atoms with E-state index in [0.717, 1.165) is 43.0 Å². The minimum atomic E-state index is 0.781. The summed E-state index contributed by atoms with van der Waals surface area (Å²) >= 11 is 0. The van der Waals surface area contributed by atoms with Crippen molar-refractivity contribution in [3.05, 3.63) is 66.2 Å². The second-order valence-electron chi connectivity index (χ2n) is 6.14. The number of hydrogen-bond acceptors (Lipinski definition) is 4. The minimum Gasteiger partial charge on any atom is -0.302 e. The Bertz CT molecular complexity index is 750. The summed E-state index contributed by atoms with van der Waals surface area (Å²) in [6, 6.07) is 10.2. The molecule has 0 saturated carbocycles. The average Bonchev–Trinajstić information content (AvgIpc) is 3.09. The Kier molecular flexibility index (Phi) is 5.33. The highest BCUT2D eigenvalue weighted by molar-refractivity contribution is 5.55. The Morgan fingerprint density at radius 3 is 2.67 bits per heavy atom. The van der Waals surface area contributed by atoms with Gasteiger partial charge < -0.3 is 4.90 Å². The van der Waals surface area contributed by atoms with E-state index in [9.17, 15) is 0 Å². The first-order chi connectivity index (χ1) is 11.7. The minimum absolute atomic E-state index is 0.781. The molecule has 3 aromatic rings. The van der Waals surface area contributed by atoms with Gasteiger partial charge in [0.05, 0.1) is 0 Å². The van der Waals surface area contributed by atoms with Gasteiger partial charge >= 0.3 is 0 Å². The molecule has 124 valence electrons. The SMILES string of the molecule is Cc1cccc(-c2ncc(CN(C)CCCn3cccn3)cn2)c1. The molecule has 0 amide bonds. The predicted octanol–water partition coefficient (Wildman–Crippen LogP) is 3.17. The number of rotatable bonds is 7. The van der Waals surface area contributed by atoms with Crippen molar-refractivity contribution in [2.45, 2.75) is 26.4 Å². The molecule has 0 fully saturated rings. The van der Waals surface area contributed by atoms with Gasteiger partial charge in [-0.2, -0.15) is 5.10 Å². The fourth-order valence-electron chi connectivity index (χ4n) is 2.70. The standard InChI is InChI=1S/C19H23N5/c1-16-6-3-7-18(12-16)19-20-13-17(14-21-19)15-23(2)9-5-11-24-10-4-8-22-24/h3-4,6-8,10,12-14H,5,9,11,15H2,1-2H3. The number of aryl methyl sites for hydroxylation is 2. The van der Waals surface area contributed by atoms with Crippen molar-refractivity contribution >= 4 is 0 Å². The smallest absolute Gasteiger partial charge is 0.159 e. The zero-order valence-corrected chi connectivity index (χ0v) is 14.3. The normalized spacial score (nSPS) is 11.1. The summed E-state index contributed by atoms with van der Waals surface area (Å²) in [5.74, 6) is 0.781. The van der Waals surface area contributed by atoms with Crippen LogP contribution in [-0.2, 0) is 13.1 Å². The van der Waals surface area contributed by atoms with Crippen LogP contribution in [0.4, 0.5) is 0 Å². The Morgan fingerprint density at radius 1 is 1.12 bits per heavy atom. The summed E-state index contributed by atoms with van der Waals surface area (Å²) in [7, 11) is 2.12. The lowest BCUT2D eigenvalue weighted by molar-refractivity contribution is 0.311. The van der Waals surface area contributed by atoms with Crippen molar-refractivity contribution in [3.63, 3.8) is 0 Å². The van der Waals surface area contributed by atoms with Crippen molar-refractivity contribution in [1.82, 2.24) is 24.6 Å². The fraction of sp³-hybridized carbons (Fsp3) is 0.316. The van der Waals surface area contributed by atoms with Crippen LogP contribution in [-0.4, -0.2) is 38.2 Å². The maximum atomic E-state index is 4.51. The molecule has 0 spiro atoms. The number of nitrogens with zero attached hydrogens (tertiary/aromatic N) is 5. The van der Waals surface area contributed by atoms with Gasteiger partial charge in [0.15, 0.2) is 5.82 Å². The third-order valence-electron chi connectivity index (χ3n) is 3.92. The van der Waals surface area contributed by atoms with E-state index in [0.29, 0.717) is 0 Å². The van der Waals surface area contributed by atoms with Crippen LogP contribution in [0.25, 0.3) is 11.4 Å². The lowest BCUT2D eigenvalue weighted by atomic mass is 10.1. The van der Waals surface area contributed by atoms with Gasteiger partial charge in [-0.1, -0.05) is 23.8 Å². The lowest BCUT2D eigenvalue weighted by Crippen LogP contribution is -2.20. The molecule has 0 bridgehead atoms. The molecule has 0 unspecified atom stereocenters. The van der Waals surface area contributed by atoms with Gasteiger partial charge in [-0.15, -0.1) is 0 Å². The Balaban J connectivity index is 1.52. The highest BCUT2D eigenvalue weighted by Gasteiger charge is 2.04. The van der Waals surface area contributed by atoms with E-state index in [1.807, 2.05) is 47.7 Å². The van der Waals surface area contributed by atoms with Crippen molar-refractivity contribution in [3.8, 4) is 11.4 Å². The molecular formula is C19H23N5. The molecule has 0 atom stereocenters. The summed E-state index contributed by atoms with van der Waals surface area (Å²) in [5, 5.41) is 4.22. The molecule has 0 N–H and O–H groups in total. The summed E-state index contributed by atoms with van der Waals surface area (Å²) in [4.78, 5) is 11.3. The molecule has 5 heteroatoms. The molecule has 24 heavy (non-hydrogen) atoms. The van der Waals surface area contributed by atoms with Crippen molar-refractivity contribution in [2.24, 2.45) is 0 Å². The Labute approximate surface area is 143 Å². The molecule has 0 aliphatic heterocycles. The first-order valence-electron chi connectivity index (χ1n) is 8.24. The third kappa shape index (κ3) is 4.49. The summed E-state index contributed by atoms with van der Waals surface area (Å²) in [6.07, 6.45) is 8.73. The number of benzene rings is 1. The molecule has 1 aromatic carbocycles. The van der Waals surface area contributed by atoms with Gasteiger partial charge in [-0.05, 0) is 39.1 Å². The van der Waals surface area contributed by atoms with Crippen LogP contribution in [0.3, 0.4) is 0 Å². The third-order valence-corrected chi connectivity index (χ3v) is 3.92. The quantitative estimate of drug-likeness (QED) is 0.670. The van der Waals surface area contributed by atoms with Gasteiger partial charge in [0, 0.05) is 49.0 Å². The van der Waals surface area contributed by atoms with Crippen LogP contribution in [0.2, 0.25) is 0 Å². The first-order valence-corrected chi connectivity index (χ1v) is 8.24. The zero-order chi connectivity index (χ0) is 16.8. The molecule has 0 aliphatic rings. The van der Waals surface area contributed by atoms with Gasteiger partial charge in [0.1, 0.15) is 0 Å². The van der Waals surface area contributed by atoms with Crippen LogP contribution in [0, 0.1) is 6.92 Å². The molecule has 0 radical (unpaired) electrons. The summed E-state index contributed by atoms with van der Waals surface area (Å²) in [6.45, 7) is 4.89. The van der Waals surface area contributed by atoms with E-state index >= 15 is 0 Å². The van der Waals surface area contributed by atoms with Gasteiger partial charge in [-0.3, -0.25) is 4.68 Å². The number of aromatic nitrogens is 4. The highest BCUT2D eigenvalue weighted by atomic mass is 15.3. The Hall–Kier alpha value is -2.53. The topological polar surface area (TPSA) is 46.8 Å². The van der Waals surface area contributed by atoms with Gasteiger partial charge in [-0.25, -0.2) is 9.97 Å². The summed E-state index contributed by atoms with van der Waals surface area (Å²) in [5.41, 5.74) is 3.42. The second kappa shape index (κ2) is 7.84. The van der Waals surface area contributed by atoms with Crippen LogP contribution < -0.4 is 0 Å². The van der Waals surface area contributed by atoms with E-state index in [-0.39, 0.29) is 0 Å². The van der Waals surface area contributed by atoms with Crippen LogP contribution in [0.5, 0.6) is 0 Å². The van der Waals surface area contributed by atoms with Crippen molar-refractivity contribution in [1.29, 1.82) is 0 Å². The second-order valence-corrected chi connectivity index (χ2v) is 6.14. The average molecular weight is 321 g/mol. The van der Waals surface area contributed by atoms with Crippen LogP contribution >= 0.6 is 0 Å². The van der Waals surface area contributed by atoms with Crippen LogP contribution in [0.15, 0.2) is 55.1 Å². The van der Waals surface area contributed by atoms with Gasteiger partial charge in [0.25, 0.3) is 0 Å². The predicted molar refractivity (Wildman–Crippen MR) is 95.4 cm³/mol. The van der Waals surface area contributed by atoms with E-state index in [4.69, 9.17) is 0 Å². The molecule has 0 aliphatic carbocycles. The van der Waals surface area contributed by atoms with E-state index < -0.39 is 0 Å². The van der Waals surface area contributed by atoms with Crippen molar-refractivity contribution < 1.29 is 0 Å². The molecule has 5 nitrogen and oxygen atoms in total. The molecule has 0 saturated heterocycles. The van der Waals surface area contributed by atoms with E-state index in [1.165, 1.54) is 5.56 Å². The number of hydrogen-bond donors (Lipinski definition) is 0. The molecule has 2 aromatic heterocycles. The molecule has 3 rings (SSSR count). The van der Waals surface area contributed by atoms with Crippen LogP contribution in [0.1, 0.15) is 17.5 Å². The highest BCUT2D eigenvalue weighted by Crippen LogP contribution is 2.16. The molecule has 2 heterocycles. The van der Waals surface area contributed by atoms with Gasteiger partial charge in [0.2, 0.25) is 0 Å². The zero-order valence-electron chi connectivity index (χ0n) is 14.3. The monoisotopic (exact) mass is 321 g/mol. The maximum absolute atomic E-state index is 4.51. The fourth-order valence-corrected chi connectivity index (χ4v) is 2.70. The van der Waals surface area contributed by atoms with Crippen molar-refractivity contribution in [2.75, 3.05) is 13.6 Å². The Morgan fingerprint density at radius 2 is 1.96 bits per heavy atom. The molecular weight excluding hydrogens is 298 g/mol.